The molecule has 0 aliphatic carbocycles. The number of aliphatic hydroxyl groups excluding tert-OH is 2. The summed E-state index contributed by atoms with van der Waals surface area (Å²) in [5, 5.41) is 23.1. The predicted octanol–water partition coefficient (Wildman–Crippen LogP) is 17.9. The van der Waals surface area contributed by atoms with Gasteiger partial charge in [0.05, 0.1) is 18.8 Å². The van der Waals surface area contributed by atoms with Crippen LogP contribution in [0.25, 0.3) is 0 Å². The van der Waals surface area contributed by atoms with Crippen LogP contribution in [0, 0.1) is 0 Å². The zero-order chi connectivity index (χ0) is 43.5. The molecule has 0 aliphatic rings. The SMILES string of the molecule is CCCCCCCCCCCCCC/C=C\CCCCCCCCCCCCCCCCCCCC(=O)NC(CO)C(O)/C=C/CCCCCCCCCCCCCCC. The van der Waals surface area contributed by atoms with Gasteiger partial charge in [0, 0.05) is 6.42 Å². The van der Waals surface area contributed by atoms with E-state index in [0.29, 0.717) is 6.42 Å². The van der Waals surface area contributed by atoms with Crippen molar-refractivity contribution < 1.29 is 15.0 Å². The number of hydrogen-bond donors (Lipinski definition) is 3. The Labute approximate surface area is 377 Å². The van der Waals surface area contributed by atoms with Crippen molar-refractivity contribution in [2.75, 3.05) is 6.61 Å². The van der Waals surface area contributed by atoms with E-state index in [-0.39, 0.29) is 12.5 Å². The van der Waals surface area contributed by atoms with E-state index >= 15 is 0 Å². The first-order valence-corrected chi connectivity index (χ1v) is 27.6. The third kappa shape index (κ3) is 47.9. The van der Waals surface area contributed by atoms with Crippen molar-refractivity contribution >= 4 is 5.91 Å². The summed E-state index contributed by atoms with van der Waals surface area (Å²) >= 11 is 0. The maximum Gasteiger partial charge on any atom is 0.220 e. The van der Waals surface area contributed by atoms with Gasteiger partial charge in [-0.2, -0.15) is 0 Å². The monoisotopic (exact) mass is 844 g/mol. The lowest BCUT2D eigenvalue weighted by Crippen LogP contribution is -2.45. The van der Waals surface area contributed by atoms with E-state index in [1.807, 2.05) is 6.08 Å². The van der Waals surface area contributed by atoms with Crippen LogP contribution in [0.1, 0.15) is 309 Å². The van der Waals surface area contributed by atoms with Crippen LogP contribution in [0.2, 0.25) is 0 Å². The topological polar surface area (TPSA) is 69.6 Å². The van der Waals surface area contributed by atoms with Crippen molar-refractivity contribution in [3.05, 3.63) is 24.3 Å². The second-order valence-electron chi connectivity index (χ2n) is 19.0. The summed E-state index contributed by atoms with van der Waals surface area (Å²) < 4.78 is 0. The second kappa shape index (κ2) is 52.2. The molecule has 0 fully saturated rings. The molecule has 0 rings (SSSR count). The normalized spacial score (nSPS) is 12.9. The zero-order valence-corrected chi connectivity index (χ0v) is 41.0. The summed E-state index contributed by atoms with van der Waals surface area (Å²) in [4.78, 5) is 12.4. The Morgan fingerprint density at radius 3 is 0.917 bits per heavy atom. The van der Waals surface area contributed by atoms with Crippen molar-refractivity contribution in [3.63, 3.8) is 0 Å². The van der Waals surface area contributed by atoms with Gasteiger partial charge in [-0.25, -0.2) is 0 Å². The van der Waals surface area contributed by atoms with Gasteiger partial charge < -0.3 is 15.5 Å². The molecule has 0 radical (unpaired) electrons. The molecule has 1 amide bonds. The van der Waals surface area contributed by atoms with Gasteiger partial charge in [0.15, 0.2) is 0 Å². The van der Waals surface area contributed by atoms with Crippen molar-refractivity contribution in [1.29, 1.82) is 0 Å². The number of amides is 1. The number of unbranched alkanes of at least 4 members (excludes halogenated alkanes) is 42. The average molecular weight is 844 g/mol. The number of allylic oxidation sites excluding steroid dienone is 3. The number of carbonyl (C=O) groups is 1. The van der Waals surface area contributed by atoms with Gasteiger partial charge in [0.2, 0.25) is 5.91 Å². The lowest BCUT2D eigenvalue weighted by atomic mass is 10.0. The van der Waals surface area contributed by atoms with Crippen molar-refractivity contribution in [3.8, 4) is 0 Å². The number of carbonyl (C=O) groups excluding carboxylic acids is 1. The summed E-state index contributed by atoms with van der Waals surface area (Å²) in [5.74, 6) is -0.0589. The highest BCUT2D eigenvalue weighted by Gasteiger charge is 2.18. The standard InChI is InChI=1S/C56H109NO3/c1-3-5-7-9-11-13-15-17-19-20-21-22-23-24-25-26-27-28-29-30-31-32-33-34-35-36-38-40-42-44-46-48-50-52-56(60)57-54(53-58)55(59)51-49-47-45-43-41-39-37-18-16-14-12-10-8-6-4-2/h24-25,49,51,54-55,58-59H,3-23,26-48,50,52-53H2,1-2H3,(H,57,60)/b25-24-,51-49+. The van der Waals surface area contributed by atoms with Gasteiger partial charge in [-0.3, -0.25) is 4.79 Å². The second-order valence-corrected chi connectivity index (χ2v) is 19.0. The molecular weight excluding hydrogens is 735 g/mol. The minimum Gasteiger partial charge on any atom is -0.394 e. The van der Waals surface area contributed by atoms with E-state index < -0.39 is 12.1 Å². The molecule has 4 nitrogen and oxygen atoms in total. The lowest BCUT2D eigenvalue weighted by molar-refractivity contribution is -0.123. The van der Waals surface area contributed by atoms with Gasteiger partial charge in [-0.15, -0.1) is 0 Å². The van der Waals surface area contributed by atoms with Crippen LogP contribution >= 0.6 is 0 Å². The van der Waals surface area contributed by atoms with Gasteiger partial charge in [-0.05, 0) is 44.9 Å². The Balaban J connectivity index is 3.42. The molecule has 0 spiro atoms. The fourth-order valence-electron chi connectivity index (χ4n) is 8.71. The van der Waals surface area contributed by atoms with E-state index in [9.17, 15) is 15.0 Å². The third-order valence-electron chi connectivity index (χ3n) is 12.9. The largest absolute Gasteiger partial charge is 0.394 e. The van der Waals surface area contributed by atoms with Crippen LogP contribution in [-0.2, 0) is 4.79 Å². The number of aliphatic hydroxyl groups is 2. The summed E-state index contributed by atoms with van der Waals surface area (Å²) in [5.41, 5.74) is 0. The first kappa shape index (κ1) is 58.9. The van der Waals surface area contributed by atoms with Gasteiger partial charge in [-0.1, -0.05) is 282 Å². The molecule has 60 heavy (non-hydrogen) atoms. The fraction of sp³-hybridized carbons (Fsp3) is 0.911. The molecule has 2 atom stereocenters. The third-order valence-corrected chi connectivity index (χ3v) is 12.9. The summed E-state index contributed by atoms with van der Waals surface area (Å²) in [6, 6.07) is -0.619. The highest BCUT2D eigenvalue weighted by molar-refractivity contribution is 5.76. The Bertz CT molecular complexity index is 871. The van der Waals surface area contributed by atoms with Crippen molar-refractivity contribution in [1.82, 2.24) is 5.32 Å². The molecule has 2 unspecified atom stereocenters. The molecule has 0 aromatic rings. The van der Waals surface area contributed by atoms with E-state index in [4.69, 9.17) is 0 Å². The minimum absolute atomic E-state index is 0.0589. The van der Waals surface area contributed by atoms with E-state index in [1.165, 1.54) is 263 Å². The highest BCUT2D eigenvalue weighted by Crippen LogP contribution is 2.17. The van der Waals surface area contributed by atoms with Gasteiger partial charge >= 0.3 is 0 Å². The van der Waals surface area contributed by atoms with Crippen LogP contribution < -0.4 is 5.32 Å². The fourth-order valence-corrected chi connectivity index (χ4v) is 8.71. The van der Waals surface area contributed by atoms with Crippen molar-refractivity contribution in [2.24, 2.45) is 0 Å². The molecule has 0 heterocycles. The smallest absolute Gasteiger partial charge is 0.220 e. The molecule has 4 heteroatoms. The Morgan fingerprint density at radius 1 is 0.383 bits per heavy atom. The lowest BCUT2D eigenvalue weighted by Gasteiger charge is -2.20. The van der Waals surface area contributed by atoms with E-state index in [2.05, 4.69) is 31.3 Å². The Morgan fingerprint density at radius 2 is 0.633 bits per heavy atom. The van der Waals surface area contributed by atoms with Gasteiger partial charge in [0.1, 0.15) is 0 Å². The Hall–Kier alpha value is -1.13. The number of hydrogen-bond acceptors (Lipinski definition) is 3. The average Bonchev–Trinajstić information content (AvgIpc) is 3.25. The molecule has 0 saturated carbocycles. The first-order chi connectivity index (χ1) is 29.7. The molecule has 0 aromatic heterocycles. The summed E-state index contributed by atoms with van der Waals surface area (Å²) in [7, 11) is 0. The molecular formula is C56H109NO3. The zero-order valence-electron chi connectivity index (χ0n) is 41.0. The number of nitrogens with one attached hydrogen (secondary N) is 1. The molecule has 3 N–H and O–H groups in total. The summed E-state index contributed by atoms with van der Waals surface area (Å²) in [6.45, 7) is 4.34. The van der Waals surface area contributed by atoms with Crippen molar-refractivity contribution in [2.45, 2.75) is 321 Å². The van der Waals surface area contributed by atoms with Crippen LogP contribution in [0.5, 0.6) is 0 Å². The molecule has 0 saturated heterocycles. The maximum atomic E-state index is 12.4. The maximum absolute atomic E-state index is 12.4. The highest BCUT2D eigenvalue weighted by atomic mass is 16.3. The Kier molecular flexibility index (Phi) is 51.2. The van der Waals surface area contributed by atoms with Crippen LogP contribution in [0.4, 0.5) is 0 Å². The molecule has 0 aromatic carbocycles. The predicted molar refractivity (Wildman–Crippen MR) is 267 cm³/mol. The van der Waals surface area contributed by atoms with Crippen LogP contribution in [0.15, 0.2) is 24.3 Å². The van der Waals surface area contributed by atoms with Crippen LogP contribution in [0.3, 0.4) is 0 Å². The van der Waals surface area contributed by atoms with Gasteiger partial charge in [0.25, 0.3) is 0 Å². The first-order valence-electron chi connectivity index (χ1n) is 27.6. The summed E-state index contributed by atoms with van der Waals surface area (Å²) in [6.07, 6.45) is 69.1. The van der Waals surface area contributed by atoms with E-state index in [0.717, 1.165) is 25.7 Å². The quantitative estimate of drug-likeness (QED) is 0.0422. The molecule has 356 valence electrons. The molecule has 0 aliphatic heterocycles. The van der Waals surface area contributed by atoms with E-state index in [1.54, 1.807) is 6.08 Å². The van der Waals surface area contributed by atoms with Crippen LogP contribution in [-0.4, -0.2) is 34.9 Å². The number of rotatable bonds is 51. The minimum atomic E-state index is -0.836. The molecule has 0 bridgehead atoms.